The molecule has 28 heavy (non-hydrogen) atoms. The first-order chi connectivity index (χ1) is 13.6. The highest BCUT2D eigenvalue weighted by molar-refractivity contribution is 7.98. The molecule has 0 bridgehead atoms. The van der Waals surface area contributed by atoms with Crippen LogP contribution in [-0.4, -0.2) is 24.1 Å². The third-order valence-corrected chi connectivity index (χ3v) is 5.31. The number of nitro benzene ring substituents is 1. The fourth-order valence-corrected chi connectivity index (χ4v) is 3.88. The number of nitrogens with zero attached hydrogens (tertiary/aromatic N) is 5. The van der Waals surface area contributed by atoms with Gasteiger partial charge in [0.25, 0.3) is 11.2 Å². The Balaban J connectivity index is 1.77. The van der Waals surface area contributed by atoms with Gasteiger partial charge in [-0.15, -0.1) is 16.8 Å². The molecule has 0 fully saturated rings. The average Bonchev–Trinajstić information content (AvgIpc) is 3.14. The molecule has 4 rings (SSSR count). The molecule has 0 spiro atoms. The normalized spacial score (nSPS) is 11.1. The van der Waals surface area contributed by atoms with Crippen LogP contribution in [0.2, 0.25) is 0 Å². The smallest absolute Gasteiger partial charge is 0.269 e. The van der Waals surface area contributed by atoms with E-state index in [9.17, 15) is 14.9 Å². The average molecular weight is 393 g/mol. The van der Waals surface area contributed by atoms with Gasteiger partial charge in [-0.1, -0.05) is 42.1 Å². The minimum atomic E-state index is -0.423. The lowest BCUT2D eigenvalue weighted by Gasteiger charge is -2.09. The van der Waals surface area contributed by atoms with Crippen molar-refractivity contribution in [2.24, 2.45) is 0 Å². The summed E-state index contributed by atoms with van der Waals surface area (Å²) in [7, 11) is 0. The number of nitro groups is 1. The molecular weight excluding hydrogens is 378 g/mol. The van der Waals surface area contributed by atoms with E-state index in [2.05, 4.69) is 16.8 Å². The summed E-state index contributed by atoms with van der Waals surface area (Å²) in [6.45, 7) is 4.05. The first kappa shape index (κ1) is 17.9. The molecule has 0 atom stereocenters. The molecule has 2 heterocycles. The maximum Gasteiger partial charge on any atom is 0.269 e. The molecule has 0 radical (unpaired) electrons. The number of rotatable bonds is 6. The van der Waals surface area contributed by atoms with E-state index in [1.165, 1.54) is 28.5 Å². The van der Waals surface area contributed by atoms with Gasteiger partial charge in [0.05, 0.1) is 15.8 Å². The van der Waals surface area contributed by atoms with Crippen molar-refractivity contribution in [3.63, 3.8) is 0 Å². The summed E-state index contributed by atoms with van der Waals surface area (Å²) >= 11 is 1.45. The Kier molecular flexibility index (Phi) is 4.66. The maximum absolute atomic E-state index is 12.8. The van der Waals surface area contributed by atoms with E-state index in [0.29, 0.717) is 28.6 Å². The van der Waals surface area contributed by atoms with E-state index in [1.807, 2.05) is 22.6 Å². The molecule has 0 aliphatic carbocycles. The summed E-state index contributed by atoms with van der Waals surface area (Å²) in [5.41, 5.74) is 1.58. The molecule has 0 saturated heterocycles. The van der Waals surface area contributed by atoms with Crippen molar-refractivity contribution < 1.29 is 4.92 Å². The zero-order valence-corrected chi connectivity index (χ0v) is 15.5. The van der Waals surface area contributed by atoms with E-state index < -0.39 is 4.92 Å². The molecule has 0 amide bonds. The summed E-state index contributed by atoms with van der Waals surface area (Å²) in [4.78, 5) is 23.1. The standard InChI is InChI=1S/C19H15N5O3S/c1-2-11-22-17(25)15-5-3-4-6-16(15)23-18(22)20-21-19(23)28-12-13-7-9-14(10-8-13)24(26)27/h2-10H,1,11-12H2. The van der Waals surface area contributed by atoms with Crippen LogP contribution in [-0.2, 0) is 12.3 Å². The van der Waals surface area contributed by atoms with Gasteiger partial charge in [-0.05, 0) is 17.7 Å². The molecule has 0 N–H and O–H groups in total. The molecular formula is C19H15N5O3S. The summed E-state index contributed by atoms with van der Waals surface area (Å²) in [5.74, 6) is 1.02. The zero-order valence-electron chi connectivity index (χ0n) is 14.7. The van der Waals surface area contributed by atoms with E-state index in [1.54, 1.807) is 24.3 Å². The Morgan fingerprint density at radius 2 is 1.89 bits per heavy atom. The quantitative estimate of drug-likeness (QED) is 0.216. The summed E-state index contributed by atoms with van der Waals surface area (Å²) < 4.78 is 3.40. The maximum atomic E-state index is 12.8. The van der Waals surface area contributed by atoms with Crippen molar-refractivity contribution in [1.82, 2.24) is 19.2 Å². The van der Waals surface area contributed by atoms with Crippen molar-refractivity contribution in [2.75, 3.05) is 0 Å². The van der Waals surface area contributed by atoms with Crippen LogP contribution in [0.4, 0.5) is 5.69 Å². The topological polar surface area (TPSA) is 95.3 Å². The highest BCUT2D eigenvalue weighted by Crippen LogP contribution is 2.25. The minimum absolute atomic E-state index is 0.0566. The zero-order chi connectivity index (χ0) is 19.7. The van der Waals surface area contributed by atoms with Gasteiger partial charge in [0.1, 0.15) is 0 Å². The number of fused-ring (bicyclic) bond motifs is 3. The number of non-ortho nitro benzene ring substituents is 1. The summed E-state index contributed by atoms with van der Waals surface area (Å²) in [6.07, 6.45) is 1.65. The summed E-state index contributed by atoms with van der Waals surface area (Å²) in [5, 5.41) is 20.5. The van der Waals surface area contributed by atoms with Crippen molar-refractivity contribution >= 4 is 34.1 Å². The van der Waals surface area contributed by atoms with Gasteiger partial charge in [0, 0.05) is 24.4 Å². The summed E-state index contributed by atoms with van der Waals surface area (Å²) in [6, 6.07) is 13.7. The largest absolute Gasteiger partial charge is 0.272 e. The predicted octanol–water partition coefficient (Wildman–Crippen LogP) is 3.43. The van der Waals surface area contributed by atoms with Crippen LogP contribution in [0.15, 0.2) is 71.1 Å². The lowest BCUT2D eigenvalue weighted by Crippen LogP contribution is -2.22. The van der Waals surface area contributed by atoms with E-state index in [-0.39, 0.29) is 11.2 Å². The molecule has 0 aliphatic rings. The third kappa shape index (κ3) is 3.05. The Labute approximate surface area is 163 Å². The number of hydrogen-bond donors (Lipinski definition) is 0. The van der Waals surface area contributed by atoms with E-state index in [0.717, 1.165) is 11.1 Å². The van der Waals surface area contributed by atoms with Crippen molar-refractivity contribution in [2.45, 2.75) is 17.5 Å². The highest BCUT2D eigenvalue weighted by atomic mass is 32.2. The molecule has 4 aromatic rings. The Morgan fingerprint density at radius 3 is 2.61 bits per heavy atom. The number of aromatic nitrogens is 4. The number of para-hydroxylation sites is 1. The SMILES string of the molecule is C=CCn1c(=O)c2ccccc2n2c(SCc3ccc([N+](=O)[O-])cc3)nnc12. The Hall–Kier alpha value is -3.46. The number of benzene rings is 2. The lowest BCUT2D eigenvalue weighted by atomic mass is 10.2. The van der Waals surface area contributed by atoms with Gasteiger partial charge in [0.15, 0.2) is 5.16 Å². The first-order valence-electron chi connectivity index (χ1n) is 8.44. The number of allylic oxidation sites excluding steroid dienone is 1. The van der Waals surface area contributed by atoms with Crippen LogP contribution in [0.25, 0.3) is 16.7 Å². The third-order valence-electron chi connectivity index (χ3n) is 4.30. The van der Waals surface area contributed by atoms with Gasteiger partial charge in [-0.25, -0.2) is 0 Å². The van der Waals surface area contributed by atoms with Crippen LogP contribution in [0, 0.1) is 10.1 Å². The van der Waals surface area contributed by atoms with Gasteiger partial charge < -0.3 is 0 Å². The molecule has 2 aromatic carbocycles. The second kappa shape index (κ2) is 7.28. The van der Waals surface area contributed by atoms with Crippen LogP contribution in [0.3, 0.4) is 0 Å². The molecule has 2 aromatic heterocycles. The van der Waals surface area contributed by atoms with E-state index >= 15 is 0 Å². The fourth-order valence-electron chi connectivity index (χ4n) is 2.98. The van der Waals surface area contributed by atoms with Gasteiger partial charge in [-0.3, -0.25) is 23.9 Å². The predicted molar refractivity (Wildman–Crippen MR) is 108 cm³/mol. The molecule has 8 nitrogen and oxygen atoms in total. The van der Waals surface area contributed by atoms with Crippen molar-refractivity contribution in [1.29, 1.82) is 0 Å². The fraction of sp³-hybridized carbons (Fsp3) is 0.105. The van der Waals surface area contributed by atoms with Gasteiger partial charge in [-0.2, -0.15) is 0 Å². The first-order valence-corrected chi connectivity index (χ1v) is 9.42. The Bertz CT molecular complexity index is 1260. The van der Waals surface area contributed by atoms with Crippen molar-refractivity contribution in [3.8, 4) is 0 Å². The molecule has 0 saturated carbocycles. The second-order valence-corrected chi connectivity index (χ2v) is 6.99. The van der Waals surface area contributed by atoms with E-state index in [4.69, 9.17) is 0 Å². The lowest BCUT2D eigenvalue weighted by molar-refractivity contribution is -0.384. The van der Waals surface area contributed by atoms with Crippen LogP contribution < -0.4 is 5.56 Å². The van der Waals surface area contributed by atoms with Gasteiger partial charge >= 0.3 is 0 Å². The monoisotopic (exact) mass is 393 g/mol. The van der Waals surface area contributed by atoms with Crippen LogP contribution in [0.5, 0.6) is 0 Å². The molecule has 9 heteroatoms. The van der Waals surface area contributed by atoms with Crippen molar-refractivity contribution in [3.05, 3.63) is 87.2 Å². The molecule has 0 unspecified atom stereocenters. The highest BCUT2D eigenvalue weighted by Gasteiger charge is 2.16. The van der Waals surface area contributed by atoms with Crippen LogP contribution in [0.1, 0.15) is 5.56 Å². The van der Waals surface area contributed by atoms with Gasteiger partial charge in [0.2, 0.25) is 5.78 Å². The number of thioether (sulfide) groups is 1. The second-order valence-electron chi connectivity index (χ2n) is 6.05. The number of hydrogen-bond acceptors (Lipinski definition) is 6. The Morgan fingerprint density at radius 1 is 1.14 bits per heavy atom. The minimum Gasteiger partial charge on any atom is -0.272 e. The molecule has 0 aliphatic heterocycles. The van der Waals surface area contributed by atoms with Crippen LogP contribution >= 0.6 is 11.8 Å². The molecule has 140 valence electrons.